The summed E-state index contributed by atoms with van der Waals surface area (Å²) < 4.78 is 1.16. The number of ketones is 1. The van der Waals surface area contributed by atoms with Crippen LogP contribution in [-0.4, -0.2) is 17.9 Å². The fourth-order valence-electron chi connectivity index (χ4n) is 3.13. The number of hydrogen-bond donors (Lipinski definition) is 0. The van der Waals surface area contributed by atoms with E-state index in [0.717, 1.165) is 17.3 Å². The number of carbonyl (C=O) groups excluding carboxylic acids is 1. The molecule has 2 aliphatic heterocycles. The molecule has 0 saturated carbocycles. The SMILES string of the molecule is Cc1ccc(N2C3CCC2CC(=O)C3)cc1Br. The van der Waals surface area contributed by atoms with Crippen molar-refractivity contribution in [2.24, 2.45) is 0 Å². The molecule has 1 aromatic carbocycles. The summed E-state index contributed by atoms with van der Waals surface area (Å²) in [5, 5.41) is 0. The predicted octanol–water partition coefficient (Wildman–Crippen LogP) is 3.46. The maximum atomic E-state index is 11.6. The van der Waals surface area contributed by atoms with E-state index in [1.165, 1.54) is 24.1 Å². The number of aryl methyl sites for hydroxylation is 1. The summed E-state index contributed by atoms with van der Waals surface area (Å²) in [6.45, 7) is 2.10. The molecule has 90 valence electrons. The lowest BCUT2D eigenvalue weighted by Gasteiger charge is -2.36. The van der Waals surface area contributed by atoms with Crippen molar-refractivity contribution in [2.75, 3.05) is 4.90 Å². The van der Waals surface area contributed by atoms with E-state index in [4.69, 9.17) is 0 Å². The summed E-state index contributed by atoms with van der Waals surface area (Å²) in [6, 6.07) is 7.40. The van der Waals surface area contributed by atoms with Gasteiger partial charge in [-0.3, -0.25) is 4.79 Å². The summed E-state index contributed by atoms with van der Waals surface area (Å²) in [7, 11) is 0. The van der Waals surface area contributed by atoms with Gasteiger partial charge in [0.25, 0.3) is 0 Å². The van der Waals surface area contributed by atoms with Crippen molar-refractivity contribution in [1.82, 2.24) is 0 Å². The first kappa shape index (κ1) is 11.3. The number of hydrogen-bond acceptors (Lipinski definition) is 2. The molecule has 2 aliphatic rings. The van der Waals surface area contributed by atoms with E-state index >= 15 is 0 Å². The molecule has 0 radical (unpaired) electrons. The van der Waals surface area contributed by atoms with Gasteiger partial charge >= 0.3 is 0 Å². The van der Waals surface area contributed by atoms with E-state index < -0.39 is 0 Å². The van der Waals surface area contributed by atoms with Gasteiger partial charge in [0.2, 0.25) is 0 Å². The van der Waals surface area contributed by atoms with Crippen LogP contribution in [0, 0.1) is 6.92 Å². The summed E-state index contributed by atoms with van der Waals surface area (Å²) >= 11 is 3.59. The maximum absolute atomic E-state index is 11.6. The molecular weight excluding hydrogens is 278 g/mol. The molecule has 0 aromatic heterocycles. The average molecular weight is 294 g/mol. The number of nitrogens with zero attached hydrogens (tertiary/aromatic N) is 1. The van der Waals surface area contributed by atoms with Gasteiger partial charge in [-0.15, -0.1) is 0 Å². The zero-order valence-corrected chi connectivity index (χ0v) is 11.5. The van der Waals surface area contributed by atoms with Crippen LogP contribution in [0.4, 0.5) is 5.69 Å². The van der Waals surface area contributed by atoms with Crippen molar-refractivity contribution >= 4 is 27.4 Å². The molecule has 0 spiro atoms. The Labute approximate surface area is 110 Å². The highest BCUT2D eigenvalue weighted by atomic mass is 79.9. The summed E-state index contributed by atoms with van der Waals surface area (Å²) in [4.78, 5) is 14.0. The van der Waals surface area contributed by atoms with Gasteiger partial charge in [0.05, 0.1) is 0 Å². The lowest BCUT2D eigenvalue weighted by molar-refractivity contribution is -0.120. The molecule has 2 fully saturated rings. The minimum atomic E-state index is 0.441. The van der Waals surface area contributed by atoms with Gasteiger partial charge in [-0.2, -0.15) is 0 Å². The molecule has 3 rings (SSSR count). The second kappa shape index (κ2) is 4.13. The van der Waals surface area contributed by atoms with Gasteiger partial charge < -0.3 is 4.90 Å². The van der Waals surface area contributed by atoms with Crippen molar-refractivity contribution in [3.8, 4) is 0 Å². The standard InChI is InChI=1S/C14H16BrNO/c1-9-2-3-12(8-14(9)15)16-10-4-5-11(16)7-13(17)6-10/h2-3,8,10-11H,4-7H2,1H3. The molecule has 2 bridgehead atoms. The Kier molecular flexibility index (Phi) is 2.74. The number of anilines is 1. The first-order valence-electron chi connectivity index (χ1n) is 6.21. The predicted molar refractivity (Wildman–Crippen MR) is 72.4 cm³/mol. The van der Waals surface area contributed by atoms with Gasteiger partial charge in [-0.25, -0.2) is 0 Å². The van der Waals surface area contributed by atoms with E-state index in [-0.39, 0.29) is 0 Å². The Hall–Kier alpha value is -0.830. The highest BCUT2D eigenvalue weighted by Gasteiger charge is 2.40. The molecule has 2 saturated heterocycles. The Balaban J connectivity index is 1.94. The van der Waals surface area contributed by atoms with E-state index in [1.54, 1.807) is 0 Å². The minimum Gasteiger partial charge on any atom is -0.365 e. The number of carbonyl (C=O) groups is 1. The molecule has 17 heavy (non-hydrogen) atoms. The van der Waals surface area contributed by atoms with Crippen molar-refractivity contribution in [2.45, 2.75) is 44.7 Å². The van der Waals surface area contributed by atoms with Crippen molar-refractivity contribution in [3.05, 3.63) is 28.2 Å². The van der Waals surface area contributed by atoms with Crippen molar-refractivity contribution in [1.29, 1.82) is 0 Å². The molecule has 2 nitrogen and oxygen atoms in total. The molecular formula is C14H16BrNO. The van der Waals surface area contributed by atoms with Gasteiger partial charge in [-0.1, -0.05) is 22.0 Å². The van der Waals surface area contributed by atoms with Crippen LogP contribution in [0.5, 0.6) is 0 Å². The Bertz CT molecular complexity index is 455. The maximum Gasteiger partial charge on any atom is 0.137 e. The third-order valence-corrected chi connectivity index (χ3v) is 4.85. The topological polar surface area (TPSA) is 20.3 Å². The summed E-state index contributed by atoms with van der Waals surface area (Å²) in [6.07, 6.45) is 3.81. The van der Waals surface area contributed by atoms with E-state index in [1.807, 2.05) is 0 Å². The first-order chi connectivity index (χ1) is 8.15. The van der Waals surface area contributed by atoms with Crippen LogP contribution in [0.1, 0.15) is 31.2 Å². The van der Waals surface area contributed by atoms with Crippen LogP contribution in [0.25, 0.3) is 0 Å². The van der Waals surface area contributed by atoms with Crippen LogP contribution < -0.4 is 4.90 Å². The third kappa shape index (κ3) is 1.90. The van der Waals surface area contributed by atoms with E-state index in [0.29, 0.717) is 17.9 Å². The molecule has 0 N–H and O–H groups in total. The fourth-order valence-corrected chi connectivity index (χ4v) is 3.50. The molecule has 2 atom stereocenters. The Morgan fingerprint density at radius 2 is 1.88 bits per heavy atom. The number of benzene rings is 1. The molecule has 1 aromatic rings. The number of piperidine rings is 1. The summed E-state index contributed by atoms with van der Waals surface area (Å²) in [5.41, 5.74) is 2.52. The Morgan fingerprint density at radius 1 is 1.24 bits per heavy atom. The normalized spacial score (nSPS) is 27.6. The first-order valence-corrected chi connectivity index (χ1v) is 7.00. The second-order valence-electron chi connectivity index (χ2n) is 5.17. The van der Waals surface area contributed by atoms with Crippen LogP contribution in [0.3, 0.4) is 0 Å². The zero-order valence-electron chi connectivity index (χ0n) is 9.95. The lowest BCUT2D eigenvalue weighted by Crippen LogP contribution is -2.43. The fraction of sp³-hybridized carbons (Fsp3) is 0.500. The molecule has 2 unspecified atom stereocenters. The smallest absolute Gasteiger partial charge is 0.137 e. The van der Waals surface area contributed by atoms with Crippen molar-refractivity contribution < 1.29 is 4.79 Å². The second-order valence-corrected chi connectivity index (χ2v) is 6.03. The van der Waals surface area contributed by atoms with Crippen molar-refractivity contribution in [3.63, 3.8) is 0 Å². The van der Waals surface area contributed by atoms with Crippen LogP contribution >= 0.6 is 15.9 Å². The number of rotatable bonds is 1. The number of fused-ring (bicyclic) bond motifs is 2. The van der Waals surface area contributed by atoms with E-state index in [9.17, 15) is 4.79 Å². The zero-order chi connectivity index (χ0) is 12.0. The highest BCUT2D eigenvalue weighted by molar-refractivity contribution is 9.10. The minimum absolute atomic E-state index is 0.441. The van der Waals surface area contributed by atoms with Crippen LogP contribution in [0.15, 0.2) is 22.7 Å². The van der Waals surface area contributed by atoms with Gasteiger partial charge in [0.15, 0.2) is 0 Å². The molecule has 2 heterocycles. The highest BCUT2D eigenvalue weighted by Crippen LogP contribution is 2.39. The Morgan fingerprint density at radius 3 is 2.47 bits per heavy atom. The van der Waals surface area contributed by atoms with Crippen LogP contribution in [-0.2, 0) is 4.79 Å². The number of halogens is 1. The molecule has 3 heteroatoms. The largest absolute Gasteiger partial charge is 0.365 e. The molecule has 0 amide bonds. The van der Waals surface area contributed by atoms with E-state index in [2.05, 4.69) is 46.0 Å². The van der Waals surface area contributed by atoms with Crippen LogP contribution in [0.2, 0.25) is 0 Å². The summed E-state index contributed by atoms with van der Waals surface area (Å²) in [5.74, 6) is 0.444. The third-order valence-electron chi connectivity index (χ3n) is 4.00. The molecule has 0 aliphatic carbocycles. The monoisotopic (exact) mass is 293 g/mol. The van der Waals surface area contributed by atoms with Gasteiger partial charge in [0, 0.05) is 35.1 Å². The number of Topliss-reactive ketones (excluding diaryl/α,β-unsaturated/α-hetero) is 1. The quantitative estimate of drug-likeness (QED) is 0.790. The lowest BCUT2D eigenvalue weighted by atomic mass is 10.0. The van der Waals surface area contributed by atoms with Gasteiger partial charge in [0.1, 0.15) is 5.78 Å². The average Bonchev–Trinajstić information content (AvgIpc) is 2.55. The van der Waals surface area contributed by atoms with Gasteiger partial charge in [-0.05, 0) is 37.5 Å².